The van der Waals surface area contributed by atoms with Crippen LogP contribution in [0.15, 0.2) is 153 Å². The van der Waals surface area contributed by atoms with Crippen molar-refractivity contribution in [3.8, 4) is 0 Å². The van der Waals surface area contributed by atoms with Crippen LogP contribution in [0.3, 0.4) is 0 Å². The van der Waals surface area contributed by atoms with E-state index in [1.54, 1.807) is 0 Å². The maximum atomic E-state index is 13.8. The largest absolute Gasteiger partial charge is 1.00 e. The maximum Gasteiger partial charge on any atom is 0.277 e. The number of nitrogens with zero attached hydrogens (tertiary/aromatic N) is 4. The van der Waals surface area contributed by atoms with Crippen molar-refractivity contribution in [1.29, 1.82) is 0 Å². The zero-order valence-corrected chi connectivity index (χ0v) is 60.6. The normalized spacial score (nSPS) is 15.4. The minimum Gasteiger partial charge on any atom is -1.00 e. The number of nitrogens with one attached hydrogen (secondary N) is 4. The number of allylic oxidation sites excluding steroid dienone is 1. The molecule has 17 heteroatoms. The highest BCUT2D eigenvalue weighted by molar-refractivity contribution is 7.89. The molecule has 2 aliphatic rings. The summed E-state index contributed by atoms with van der Waals surface area (Å²) in [5.74, 6) is 0.505. The van der Waals surface area contributed by atoms with Gasteiger partial charge in [0, 0.05) is 60.9 Å². The molecule has 0 saturated heterocycles. The third-order valence-corrected chi connectivity index (χ3v) is 21.3. The first-order valence-corrected chi connectivity index (χ1v) is 36.3. The summed E-state index contributed by atoms with van der Waals surface area (Å²) in [5, 5.41) is 14.7. The Balaban J connectivity index is 0.0000125. The van der Waals surface area contributed by atoms with Gasteiger partial charge in [0.05, 0.1) is 34.1 Å². The lowest BCUT2D eigenvalue weighted by atomic mass is 9.78. The fourth-order valence-electron chi connectivity index (χ4n) is 13.1. The van der Waals surface area contributed by atoms with E-state index in [-0.39, 0.29) is 76.6 Å². The highest BCUT2D eigenvalue weighted by Gasteiger charge is 2.46. The van der Waals surface area contributed by atoms with Crippen LogP contribution in [0.25, 0.3) is 0 Å². The van der Waals surface area contributed by atoms with Gasteiger partial charge in [-0.2, -0.15) is 31.6 Å². The number of benzene rings is 6. The van der Waals surface area contributed by atoms with Gasteiger partial charge >= 0.3 is 0 Å². The lowest BCUT2D eigenvalue weighted by Gasteiger charge is -2.34. The molecule has 8 rings (SSSR count). The number of para-hydroxylation sites is 2. The van der Waals surface area contributed by atoms with Gasteiger partial charge in [-0.3, -0.25) is 9.59 Å². The zero-order chi connectivity index (χ0) is 67.7. The number of sulfonamides is 2. The summed E-state index contributed by atoms with van der Waals surface area (Å²) in [4.78, 5) is 35.2. The molecular weight excluding hydrogens is 1230 g/mol. The number of carbonyl (C=O) groups is 2. The predicted octanol–water partition coefficient (Wildman–Crippen LogP) is 12.0. The Morgan fingerprint density at radius 1 is 0.553 bits per heavy atom. The molecule has 0 aromatic heterocycles. The molecule has 0 spiro atoms. The molecule has 6 aromatic rings. The Morgan fingerprint density at radius 3 is 1.40 bits per heavy atom. The van der Waals surface area contributed by atoms with Crippen molar-refractivity contribution >= 4 is 61.4 Å². The third-order valence-electron chi connectivity index (χ3n) is 18.6. The average molecular weight is 1330 g/mol. The third kappa shape index (κ3) is 17.4. The second-order valence-electron chi connectivity index (χ2n) is 28.1. The van der Waals surface area contributed by atoms with Gasteiger partial charge in [-0.05, 0) is 136 Å². The Hall–Kier alpha value is -7.40. The number of hydrogen-bond acceptors (Lipinski definition) is 9. The fourth-order valence-corrected chi connectivity index (χ4v) is 16.1. The predicted molar refractivity (Wildman–Crippen MR) is 382 cm³/mol. The van der Waals surface area contributed by atoms with Crippen molar-refractivity contribution in [1.82, 2.24) is 20.3 Å². The minimum atomic E-state index is -3.95. The molecule has 1 unspecified atom stereocenters. The van der Waals surface area contributed by atoms with Gasteiger partial charge in [0.2, 0.25) is 17.5 Å². The highest BCUT2D eigenvalue weighted by atomic mass is 35.5. The summed E-state index contributed by atoms with van der Waals surface area (Å²) in [6, 6.07) is 40.6. The van der Waals surface area contributed by atoms with Gasteiger partial charge in [0.25, 0.3) is 20.0 Å². The molecule has 504 valence electrons. The first-order chi connectivity index (χ1) is 43.9. The minimum absolute atomic E-state index is 0. The standard InChI is InChI=1S/C77H100N8O6S2.ClH/c1-50(2)60-44-62(52(5)6)74(63(45-60)53(7)8)92(88,89)82-80-48-58-32-28-56(29-33-58)36-40-78-72(86)38-42-84-68-24-19-17-22-66(68)76(13,14)70(84)26-21-27-71-77(15,16)67-23-18-20-25-69(67)85(71)43-39-73(87)79-41-37-57-30-34-59(35-31-57)49-81-83-93(90,91)75-64(54(9)10)46-61(51(3)4)47-65(75)55(11)12;/h17-26,28-35,44-55,71,82-83H,27,36-43H2,1-16H3,(H-,78,79,86,87);1H/b26-21+,80-48+,81-49+;. The molecule has 0 aliphatic carbocycles. The molecule has 2 heterocycles. The smallest absolute Gasteiger partial charge is 0.277 e. The summed E-state index contributed by atoms with van der Waals surface area (Å²) in [6.45, 7) is 35.7. The maximum absolute atomic E-state index is 13.8. The van der Waals surface area contributed by atoms with Crippen LogP contribution in [0.2, 0.25) is 0 Å². The number of hydrogen-bond donors (Lipinski definition) is 4. The first-order valence-electron chi connectivity index (χ1n) is 33.4. The molecule has 1 atom stereocenters. The Bertz CT molecular complexity index is 3960. The second-order valence-corrected chi connectivity index (χ2v) is 31.3. The molecule has 94 heavy (non-hydrogen) atoms. The highest BCUT2D eigenvalue weighted by Crippen LogP contribution is 2.47. The van der Waals surface area contributed by atoms with Gasteiger partial charge in [-0.1, -0.05) is 212 Å². The number of carbonyl (C=O) groups excluding carboxylic acids is 2. The van der Waals surface area contributed by atoms with Gasteiger partial charge in [-0.25, -0.2) is 9.66 Å². The van der Waals surface area contributed by atoms with E-state index in [0.717, 1.165) is 79.1 Å². The quantitative estimate of drug-likeness (QED) is 0.0205. The van der Waals surface area contributed by atoms with Crippen LogP contribution in [0.1, 0.15) is 232 Å². The molecule has 6 aromatic carbocycles. The molecule has 2 amide bonds. The fraction of sp³-hybridized carbons (Fsp3) is 0.442. The molecule has 2 aliphatic heterocycles. The van der Waals surface area contributed by atoms with Crippen molar-refractivity contribution in [2.45, 2.75) is 205 Å². The number of rotatable bonds is 29. The van der Waals surface area contributed by atoms with Crippen LogP contribution < -0.4 is 37.6 Å². The molecule has 14 nitrogen and oxygen atoms in total. The summed E-state index contributed by atoms with van der Waals surface area (Å²) in [7, 11) is -7.90. The van der Waals surface area contributed by atoms with Crippen molar-refractivity contribution in [2.75, 3.05) is 31.1 Å². The summed E-state index contributed by atoms with van der Waals surface area (Å²) in [6.07, 6.45) is 10.2. The first kappa shape index (κ1) is 74.0. The van der Waals surface area contributed by atoms with Crippen LogP contribution >= 0.6 is 0 Å². The molecular formula is C77H101ClN8O6S2. The molecule has 0 radical (unpaired) electrons. The SMILES string of the molecule is CC(C)c1cc(C(C)C)c(S(=O)(=O)N/N=C/c2ccc(CCNC(=O)CCN3c4ccccc4C(C)(C)C3C/C=C/C3=[N+](CCC(=O)NCCc4ccc(/C=N/NS(=O)(=O)c5c(C(C)C)cc(C(C)C)cc5C(C)C)cc4)c4ccccc4C3(C)C)cc2)c(C(C)C)c1.[Cl-]. The van der Waals surface area contributed by atoms with Gasteiger partial charge in [0.1, 0.15) is 0 Å². The summed E-state index contributed by atoms with van der Waals surface area (Å²) >= 11 is 0. The van der Waals surface area contributed by atoms with Gasteiger partial charge < -0.3 is 27.9 Å². The number of fused-ring (bicyclic) bond motifs is 2. The second kappa shape index (κ2) is 31.4. The monoisotopic (exact) mass is 1330 g/mol. The number of amides is 2. The molecule has 4 N–H and O–H groups in total. The topological polar surface area (TPSA) is 182 Å². The average Bonchev–Trinajstić information content (AvgIpc) is 1.46. The van der Waals surface area contributed by atoms with E-state index in [4.69, 9.17) is 0 Å². The van der Waals surface area contributed by atoms with E-state index in [2.05, 4.69) is 156 Å². The number of halogens is 1. The van der Waals surface area contributed by atoms with Crippen LogP contribution in [-0.4, -0.2) is 83.6 Å². The van der Waals surface area contributed by atoms with Crippen LogP contribution in [0, 0.1) is 0 Å². The number of anilines is 1. The molecule has 0 bridgehead atoms. The molecule has 0 saturated carbocycles. The number of hydrazone groups is 2. The van der Waals surface area contributed by atoms with Crippen molar-refractivity contribution < 1.29 is 43.4 Å². The Morgan fingerprint density at radius 2 is 0.968 bits per heavy atom. The van der Waals surface area contributed by atoms with Crippen LogP contribution in [0.4, 0.5) is 11.4 Å². The van der Waals surface area contributed by atoms with Crippen molar-refractivity contribution in [3.63, 3.8) is 0 Å². The molecule has 0 fully saturated rings. The van der Waals surface area contributed by atoms with Gasteiger partial charge in [0.15, 0.2) is 12.3 Å². The van der Waals surface area contributed by atoms with Crippen LogP contribution in [-0.2, 0) is 53.3 Å². The van der Waals surface area contributed by atoms with Crippen LogP contribution in [0.5, 0.6) is 0 Å². The lowest BCUT2D eigenvalue weighted by molar-refractivity contribution is -0.436. The van der Waals surface area contributed by atoms with Gasteiger partial charge in [-0.15, -0.1) is 0 Å². The van der Waals surface area contributed by atoms with E-state index >= 15 is 0 Å². The van der Waals surface area contributed by atoms with E-state index in [0.29, 0.717) is 61.7 Å². The lowest BCUT2D eigenvalue weighted by Crippen LogP contribution is -3.00. The van der Waals surface area contributed by atoms with E-state index in [1.807, 2.05) is 128 Å². The van der Waals surface area contributed by atoms with E-state index in [9.17, 15) is 26.4 Å². The summed E-state index contributed by atoms with van der Waals surface area (Å²) < 4.78 is 57.6. The zero-order valence-electron chi connectivity index (χ0n) is 58.2. The van der Waals surface area contributed by atoms with E-state index < -0.39 is 20.0 Å². The Labute approximate surface area is 568 Å². The van der Waals surface area contributed by atoms with Crippen molar-refractivity contribution in [3.05, 3.63) is 200 Å². The Kier molecular flexibility index (Phi) is 24.7. The summed E-state index contributed by atoms with van der Waals surface area (Å²) in [5.41, 5.74) is 14.3. The van der Waals surface area contributed by atoms with Crippen molar-refractivity contribution in [2.24, 2.45) is 10.2 Å². The van der Waals surface area contributed by atoms with E-state index in [1.165, 1.54) is 23.6 Å².